The van der Waals surface area contributed by atoms with Crippen LogP contribution in [0.5, 0.6) is 0 Å². The Morgan fingerprint density at radius 3 is 2.63 bits per heavy atom. The minimum atomic E-state index is -0.725. The van der Waals surface area contributed by atoms with Crippen molar-refractivity contribution in [3.05, 3.63) is 63.7 Å². The van der Waals surface area contributed by atoms with Crippen molar-refractivity contribution < 1.29 is 9.90 Å². The maximum absolute atomic E-state index is 11.3. The van der Waals surface area contributed by atoms with Gasteiger partial charge in [0.25, 0.3) is 0 Å². The number of hydrogen-bond donors (Lipinski definition) is 2. The molecule has 1 aliphatic heterocycles. The van der Waals surface area contributed by atoms with Crippen LogP contribution in [-0.4, -0.2) is 28.6 Å². The van der Waals surface area contributed by atoms with Crippen molar-refractivity contribution in [1.82, 2.24) is 4.90 Å². The fraction of sp³-hybridized carbons (Fsp3) is 0.409. The topological polar surface area (TPSA) is 52.6 Å². The van der Waals surface area contributed by atoms with Gasteiger partial charge in [-0.1, -0.05) is 36.7 Å². The Morgan fingerprint density at radius 1 is 1.26 bits per heavy atom. The number of hydrogen-bond acceptors (Lipinski definition) is 3. The molecule has 2 aromatic carbocycles. The minimum Gasteiger partial charge on any atom is -0.480 e. The van der Waals surface area contributed by atoms with Crippen LogP contribution in [-0.2, 0) is 11.3 Å². The summed E-state index contributed by atoms with van der Waals surface area (Å²) in [5.74, 6) is -0.725. The lowest BCUT2D eigenvalue weighted by Crippen LogP contribution is -2.51. The van der Waals surface area contributed by atoms with Crippen LogP contribution in [0.25, 0.3) is 0 Å². The predicted octanol–water partition coefficient (Wildman–Crippen LogP) is 5.18. The third-order valence-corrected chi connectivity index (χ3v) is 5.90. The van der Waals surface area contributed by atoms with Crippen molar-refractivity contribution in [2.45, 2.75) is 52.2 Å². The molecule has 1 heterocycles. The van der Waals surface area contributed by atoms with Crippen molar-refractivity contribution in [1.29, 1.82) is 0 Å². The van der Waals surface area contributed by atoms with Gasteiger partial charge in [0.15, 0.2) is 0 Å². The first-order valence-electron chi connectivity index (χ1n) is 9.48. The number of benzene rings is 2. The van der Waals surface area contributed by atoms with Gasteiger partial charge in [0.2, 0.25) is 0 Å². The van der Waals surface area contributed by atoms with Crippen LogP contribution >= 0.6 is 11.6 Å². The number of aryl methyl sites for hydroxylation is 2. The molecule has 0 aromatic heterocycles. The molecule has 0 aliphatic carbocycles. The van der Waals surface area contributed by atoms with Gasteiger partial charge >= 0.3 is 5.97 Å². The monoisotopic (exact) mass is 386 g/mol. The van der Waals surface area contributed by atoms with E-state index in [1.807, 2.05) is 17.9 Å². The Kier molecular flexibility index (Phi) is 6.08. The molecule has 0 saturated carbocycles. The molecular weight excluding hydrogens is 360 g/mol. The van der Waals surface area contributed by atoms with E-state index >= 15 is 0 Å². The van der Waals surface area contributed by atoms with Crippen molar-refractivity contribution in [2.75, 3.05) is 11.9 Å². The summed E-state index contributed by atoms with van der Waals surface area (Å²) in [6.45, 7) is 7.78. The number of carboxylic acid groups (broad SMARTS) is 1. The van der Waals surface area contributed by atoms with Crippen LogP contribution < -0.4 is 5.32 Å². The van der Waals surface area contributed by atoms with Crippen LogP contribution in [0.4, 0.5) is 5.69 Å². The number of carboxylic acids is 1. The zero-order valence-corrected chi connectivity index (χ0v) is 16.9. The first kappa shape index (κ1) is 19.7. The van der Waals surface area contributed by atoms with Crippen molar-refractivity contribution in [3.8, 4) is 0 Å². The van der Waals surface area contributed by atoms with E-state index in [-0.39, 0.29) is 12.1 Å². The second-order valence-corrected chi connectivity index (χ2v) is 7.78. The zero-order valence-electron chi connectivity index (χ0n) is 16.1. The lowest BCUT2D eigenvalue weighted by Gasteiger charge is -2.38. The van der Waals surface area contributed by atoms with Crippen molar-refractivity contribution in [3.63, 3.8) is 0 Å². The summed E-state index contributed by atoms with van der Waals surface area (Å²) in [7, 11) is 0. The molecule has 1 aliphatic rings. The quantitative estimate of drug-likeness (QED) is 0.688. The summed E-state index contributed by atoms with van der Waals surface area (Å²) >= 11 is 6.16. The highest BCUT2D eigenvalue weighted by Crippen LogP contribution is 2.28. The summed E-state index contributed by atoms with van der Waals surface area (Å²) in [5, 5.41) is 13.7. The van der Waals surface area contributed by atoms with E-state index < -0.39 is 5.97 Å². The molecule has 0 amide bonds. The van der Waals surface area contributed by atoms with Gasteiger partial charge < -0.3 is 10.4 Å². The van der Waals surface area contributed by atoms with E-state index in [1.165, 1.54) is 16.7 Å². The number of likely N-dealkylation sites (tertiary alicyclic amines) is 1. The van der Waals surface area contributed by atoms with Gasteiger partial charge in [0.05, 0.1) is 6.04 Å². The molecule has 1 saturated heterocycles. The number of aliphatic carboxylic acids is 1. The van der Waals surface area contributed by atoms with Crippen LogP contribution in [0.15, 0.2) is 36.4 Å². The minimum absolute atomic E-state index is 0.201. The SMILES string of the molecule is CCC(Nc1ccc(C)c(CN2CCC2C(=O)O)c1)c1ccc(Cl)c(C)c1. The molecule has 1 fully saturated rings. The largest absolute Gasteiger partial charge is 0.480 e. The molecule has 27 heavy (non-hydrogen) atoms. The smallest absolute Gasteiger partial charge is 0.320 e. The highest BCUT2D eigenvalue weighted by molar-refractivity contribution is 6.31. The van der Waals surface area contributed by atoms with E-state index in [1.54, 1.807) is 0 Å². The summed E-state index contributed by atoms with van der Waals surface area (Å²) in [6.07, 6.45) is 1.69. The highest BCUT2D eigenvalue weighted by Gasteiger charge is 2.33. The number of carbonyl (C=O) groups is 1. The fourth-order valence-corrected chi connectivity index (χ4v) is 3.68. The second kappa shape index (κ2) is 8.32. The van der Waals surface area contributed by atoms with E-state index in [0.717, 1.165) is 35.7 Å². The molecule has 144 valence electrons. The fourth-order valence-electron chi connectivity index (χ4n) is 3.57. The van der Waals surface area contributed by atoms with Gasteiger partial charge in [-0.05, 0) is 67.1 Å². The second-order valence-electron chi connectivity index (χ2n) is 7.37. The van der Waals surface area contributed by atoms with Gasteiger partial charge in [-0.25, -0.2) is 0 Å². The Hall–Kier alpha value is -2.04. The van der Waals surface area contributed by atoms with Gasteiger partial charge in [-0.15, -0.1) is 0 Å². The summed E-state index contributed by atoms with van der Waals surface area (Å²) < 4.78 is 0. The Balaban J connectivity index is 1.76. The zero-order chi connectivity index (χ0) is 19.6. The average Bonchev–Trinajstić information content (AvgIpc) is 2.60. The number of rotatable bonds is 7. The van der Waals surface area contributed by atoms with Gasteiger partial charge in [0.1, 0.15) is 6.04 Å². The number of nitrogens with zero attached hydrogens (tertiary/aromatic N) is 1. The van der Waals surface area contributed by atoms with E-state index in [9.17, 15) is 9.90 Å². The molecule has 0 spiro atoms. The van der Waals surface area contributed by atoms with Crippen molar-refractivity contribution in [2.24, 2.45) is 0 Å². The molecule has 0 radical (unpaired) electrons. The molecule has 4 nitrogen and oxygen atoms in total. The van der Waals surface area contributed by atoms with Gasteiger partial charge in [-0.2, -0.15) is 0 Å². The molecule has 3 rings (SSSR count). The van der Waals surface area contributed by atoms with E-state index in [0.29, 0.717) is 6.54 Å². The standard InChI is InChI=1S/C22H27ClN2O2/c1-4-20(16-6-8-19(23)15(3)11-16)24-18-7-5-14(2)17(12-18)13-25-10-9-21(25)22(26)27/h5-8,11-12,20-21,24H,4,9-10,13H2,1-3H3,(H,26,27). The third kappa shape index (κ3) is 4.45. The molecule has 2 atom stereocenters. The first-order valence-corrected chi connectivity index (χ1v) is 9.85. The summed E-state index contributed by atoms with van der Waals surface area (Å²) in [6, 6.07) is 12.4. The lowest BCUT2D eigenvalue weighted by atomic mass is 9.99. The Morgan fingerprint density at radius 2 is 2.04 bits per heavy atom. The Labute approximate surface area is 166 Å². The maximum Gasteiger partial charge on any atom is 0.320 e. The van der Waals surface area contributed by atoms with Crippen LogP contribution in [0.1, 0.15) is 48.1 Å². The Bertz CT molecular complexity index is 837. The van der Waals surface area contributed by atoms with Gasteiger partial charge in [0, 0.05) is 23.8 Å². The predicted molar refractivity (Wildman–Crippen MR) is 110 cm³/mol. The average molecular weight is 387 g/mol. The molecule has 5 heteroatoms. The van der Waals surface area contributed by atoms with Crippen LogP contribution in [0, 0.1) is 13.8 Å². The third-order valence-electron chi connectivity index (χ3n) is 5.47. The number of nitrogens with one attached hydrogen (secondary N) is 1. The molecule has 2 N–H and O–H groups in total. The number of halogens is 1. The van der Waals surface area contributed by atoms with Crippen molar-refractivity contribution >= 4 is 23.3 Å². The first-order chi connectivity index (χ1) is 12.9. The van der Waals surface area contributed by atoms with Crippen LogP contribution in [0.3, 0.4) is 0 Å². The molecule has 2 aromatic rings. The normalized spacial score (nSPS) is 18.0. The molecular formula is C22H27ClN2O2. The van der Waals surface area contributed by atoms with E-state index in [2.05, 4.69) is 49.5 Å². The maximum atomic E-state index is 11.3. The number of anilines is 1. The summed E-state index contributed by atoms with van der Waals surface area (Å²) in [5.41, 5.74) is 5.72. The lowest BCUT2D eigenvalue weighted by molar-refractivity contribution is -0.148. The molecule has 2 unspecified atom stereocenters. The van der Waals surface area contributed by atoms with Crippen LogP contribution in [0.2, 0.25) is 5.02 Å². The molecule has 0 bridgehead atoms. The summed E-state index contributed by atoms with van der Waals surface area (Å²) in [4.78, 5) is 13.3. The van der Waals surface area contributed by atoms with E-state index in [4.69, 9.17) is 11.6 Å². The van der Waals surface area contributed by atoms with Gasteiger partial charge in [-0.3, -0.25) is 9.69 Å². The highest BCUT2D eigenvalue weighted by atomic mass is 35.5.